The molecule has 0 saturated carbocycles. The number of aliphatic imine (C=N–C) groups is 1. The fourth-order valence-electron chi connectivity index (χ4n) is 1.58. The first kappa shape index (κ1) is 11.3. The molecule has 2 aromatic rings. The number of nitrogens with zero attached hydrogens (tertiary/aromatic N) is 3. The van der Waals surface area contributed by atoms with Crippen LogP contribution >= 0.6 is 0 Å². The Kier molecular flexibility index (Phi) is 3.19. The van der Waals surface area contributed by atoms with Crippen LogP contribution in [0.25, 0.3) is 11.0 Å². The van der Waals surface area contributed by atoms with Gasteiger partial charge in [0.15, 0.2) is 0 Å². The summed E-state index contributed by atoms with van der Waals surface area (Å²) < 4.78 is 1.94. The van der Waals surface area contributed by atoms with E-state index in [0.29, 0.717) is 0 Å². The van der Waals surface area contributed by atoms with Crippen molar-refractivity contribution >= 4 is 16.9 Å². The van der Waals surface area contributed by atoms with E-state index in [0.717, 1.165) is 22.6 Å². The molecule has 1 aromatic carbocycles. The molecule has 3 nitrogen and oxygen atoms in total. The smallest absolute Gasteiger partial charge is 0.137 e. The maximum Gasteiger partial charge on any atom is 0.137 e. The first-order chi connectivity index (χ1) is 8.26. The highest BCUT2D eigenvalue weighted by Crippen LogP contribution is 2.12. The summed E-state index contributed by atoms with van der Waals surface area (Å²) in [6.07, 6.45) is 5.47. The van der Waals surface area contributed by atoms with E-state index >= 15 is 0 Å². The summed E-state index contributed by atoms with van der Waals surface area (Å²) in [4.78, 5) is 8.82. The summed E-state index contributed by atoms with van der Waals surface area (Å²) in [6.45, 7) is 7.73. The van der Waals surface area contributed by atoms with Gasteiger partial charge >= 0.3 is 0 Å². The van der Waals surface area contributed by atoms with Crippen LogP contribution in [0, 0.1) is 0 Å². The van der Waals surface area contributed by atoms with E-state index in [4.69, 9.17) is 0 Å². The Morgan fingerprint density at radius 3 is 2.88 bits per heavy atom. The van der Waals surface area contributed by atoms with E-state index in [1.165, 1.54) is 0 Å². The largest absolute Gasteiger partial charge is 0.283 e. The molecule has 1 heterocycles. The maximum atomic E-state index is 4.49. The standard InChI is InChI=1S/C14H15N3/c1-4-11(3)16-14(5-2)17-10-15-12-8-6-7-9-13(12)17/h4-10H,2H2,1,3H3/b11-4-,16-14?. The zero-order valence-corrected chi connectivity index (χ0v) is 10.1. The second-order valence-electron chi connectivity index (χ2n) is 3.71. The molecule has 0 fully saturated rings. The first-order valence-corrected chi connectivity index (χ1v) is 5.52. The summed E-state index contributed by atoms with van der Waals surface area (Å²) in [5.74, 6) is 0.786. The van der Waals surface area contributed by atoms with Crippen molar-refractivity contribution in [3.8, 4) is 0 Å². The number of aromatic nitrogens is 2. The highest BCUT2D eigenvalue weighted by atomic mass is 15.1. The molecule has 0 saturated heterocycles. The summed E-state index contributed by atoms with van der Waals surface area (Å²) in [6, 6.07) is 7.97. The van der Waals surface area contributed by atoms with Gasteiger partial charge in [0.1, 0.15) is 12.2 Å². The molecule has 0 spiro atoms. The molecule has 0 radical (unpaired) electrons. The van der Waals surface area contributed by atoms with E-state index in [2.05, 4.69) is 16.6 Å². The van der Waals surface area contributed by atoms with Gasteiger partial charge in [-0.2, -0.15) is 0 Å². The minimum atomic E-state index is 0.786. The SMILES string of the molecule is C=CC(=N/C(C)=C\C)n1cnc2ccccc21. The molecule has 0 bridgehead atoms. The molecule has 0 amide bonds. The van der Waals surface area contributed by atoms with Crippen molar-refractivity contribution in [1.29, 1.82) is 0 Å². The van der Waals surface area contributed by atoms with Gasteiger partial charge < -0.3 is 0 Å². The first-order valence-electron chi connectivity index (χ1n) is 5.52. The lowest BCUT2D eigenvalue weighted by molar-refractivity contribution is 1.14. The lowest BCUT2D eigenvalue weighted by Gasteiger charge is -2.04. The van der Waals surface area contributed by atoms with Crippen LogP contribution in [0.5, 0.6) is 0 Å². The van der Waals surface area contributed by atoms with Gasteiger partial charge in [-0.3, -0.25) is 4.57 Å². The molecular weight excluding hydrogens is 210 g/mol. The number of hydrogen-bond donors (Lipinski definition) is 0. The summed E-state index contributed by atoms with van der Waals surface area (Å²) in [5, 5.41) is 0. The van der Waals surface area contributed by atoms with Crippen molar-refractivity contribution in [3.05, 3.63) is 55.0 Å². The average molecular weight is 225 g/mol. The van der Waals surface area contributed by atoms with Gasteiger partial charge in [-0.25, -0.2) is 9.98 Å². The summed E-state index contributed by atoms with van der Waals surface area (Å²) >= 11 is 0. The topological polar surface area (TPSA) is 30.2 Å². The molecule has 0 atom stereocenters. The number of allylic oxidation sites excluding steroid dienone is 3. The number of para-hydroxylation sites is 2. The highest BCUT2D eigenvalue weighted by Gasteiger charge is 2.04. The lowest BCUT2D eigenvalue weighted by atomic mass is 10.3. The molecule has 0 unspecified atom stereocenters. The zero-order chi connectivity index (χ0) is 12.3. The van der Waals surface area contributed by atoms with Crippen molar-refractivity contribution in [3.63, 3.8) is 0 Å². The van der Waals surface area contributed by atoms with Crippen molar-refractivity contribution < 1.29 is 0 Å². The molecule has 0 aliphatic rings. The third kappa shape index (κ3) is 2.18. The predicted octanol–water partition coefficient (Wildman–Crippen LogP) is 3.39. The minimum Gasteiger partial charge on any atom is -0.283 e. The highest BCUT2D eigenvalue weighted by molar-refractivity contribution is 6.00. The van der Waals surface area contributed by atoms with Gasteiger partial charge in [0.2, 0.25) is 0 Å². The third-order valence-electron chi connectivity index (χ3n) is 2.59. The number of imidazole rings is 1. The molecule has 86 valence electrons. The fraction of sp³-hybridized carbons (Fsp3) is 0.143. The molecule has 0 N–H and O–H groups in total. The minimum absolute atomic E-state index is 0.786. The van der Waals surface area contributed by atoms with Gasteiger partial charge in [0, 0.05) is 5.70 Å². The molecule has 3 heteroatoms. The molecule has 1 aromatic heterocycles. The van der Waals surface area contributed by atoms with Crippen molar-refractivity contribution in [2.45, 2.75) is 13.8 Å². The third-order valence-corrected chi connectivity index (χ3v) is 2.59. The van der Waals surface area contributed by atoms with Crippen LogP contribution in [-0.4, -0.2) is 15.4 Å². The second-order valence-corrected chi connectivity index (χ2v) is 3.71. The zero-order valence-electron chi connectivity index (χ0n) is 10.1. The van der Waals surface area contributed by atoms with Crippen molar-refractivity contribution in [2.24, 2.45) is 4.99 Å². The van der Waals surface area contributed by atoms with Crippen molar-refractivity contribution in [1.82, 2.24) is 9.55 Å². The molecule has 17 heavy (non-hydrogen) atoms. The maximum absolute atomic E-state index is 4.49. The Labute approximate surface area is 101 Å². The molecule has 0 aliphatic heterocycles. The van der Waals surface area contributed by atoms with Crippen LogP contribution in [0.3, 0.4) is 0 Å². The summed E-state index contributed by atoms with van der Waals surface area (Å²) in [7, 11) is 0. The van der Waals surface area contributed by atoms with Gasteiger partial charge in [-0.05, 0) is 32.1 Å². The quantitative estimate of drug-likeness (QED) is 0.569. The Morgan fingerprint density at radius 1 is 1.41 bits per heavy atom. The Morgan fingerprint density at radius 2 is 2.18 bits per heavy atom. The van der Waals surface area contributed by atoms with E-state index in [1.807, 2.05) is 48.8 Å². The van der Waals surface area contributed by atoms with Crippen LogP contribution < -0.4 is 0 Å². The molecule has 2 rings (SSSR count). The van der Waals surface area contributed by atoms with Crippen molar-refractivity contribution in [2.75, 3.05) is 0 Å². The normalized spacial score (nSPS) is 13.1. The van der Waals surface area contributed by atoms with E-state index in [-0.39, 0.29) is 0 Å². The van der Waals surface area contributed by atoms with Gasteiger partial charge in [-0.1, -0.05) is 24.8 Å². The van der Waals surface area contributed by atoms with Crippen LogP contribution in [0.4, 0.5) is 0 Å². The predicted molar refractivity (Wildman–Crippen MR) is 72.2 cm³/mol. The van der Waals surface area contributed by atoms with Crippen LogP contribution in [0.2, 0.25) is 0 Å². The second kappa shape index (κ2) is 4.78. The number of hydrogen-bond acceptors (Lipinski definition) is 2. The lowest BCUT2D eigenvalue weighted by Crippen LogP contribution is -2.07. The van der Waals surface area contributed by atoms with E-state index < -0.39 is 0 Å². The van der Waals surface area contributed by atoms with Gasteiger partial charge in [0.05, 0.1) is 11.0 Å². The van der Waals surface area contributed by atoms with Crippen LogP contribution in [0.15, 0.2) is 60.0 Å². The fourth-order valence-corrected chi connectivity index (χ4v) is 1.58. The Hall–Kier alpha value is -2.16. The number of rotatable bonds is 2. The van der Waals surface area contributed by atoms with Gasteiger partial charge in [0.25, 0.3) is 0 Å². The Bertz CT molecular complexity index is 603. The molecular formula is C14H15N3. The number of benzene rings is 1. The average Bonchev–Trinajstić information content (AvgIpc) is 2.79. The van der Waals surface area contributed by atoms with Crippen LogP contribution in [-0.2, 0) is 0 Å². The summed E-state index contributed by atoms with van der Waals surface area (Å²) in [5.41, 5.74) is 2.95. The van der Waals surface area contributed by atoms with E-state index in [9.17, 15) is 0 Å². The van der Waals surface area contributed by atoms with Crippen LogP contribution in [0.1, 0.15) is 13.8 Å². The van der Waals surface area contributed by atoms with E-state index in [1.54, 1.807) is 12.4 Å². The Balaban J connectivity index is 2.58. The van der Waals surface area contributed by atoms with Gasteiger partial charge in [-0.15, -0.1) is 0 Å². The number of fused-ring (bicyclic) bond motifs is 1. The molecule has 0 aliphatic carbocycles. The monoisotopic (exact) mass is 225 g/mol.